The van der Waals surface area contributed by atoms with Crippen LogP contribution in [-0.4, -0.2) is 76.1 Å². The van der Waals surface area contributed by atoms with Crippen molar-refractivity contribution in [1.82, 2.24) is 14.7 Å². The minimum atomic E-state index is -0.565. The number of carbonyl (C=O) groups excluding carboxylic acids is 4. The third kappa shape index (κ3) is 3.21. The summed E-state index contributed by atoms with van der Waals surface area (Å²) in [5.41, 5.74) is 5.41. The van der Waals surface area contributed by atoms with E-state index in [0.717, 1.165) is 19.3 Å². The molecule has 3 saturated heterocycles. The summed E-state index contributed by atoms with van der Waals surface area (Å²) in [4.78, 5) is 54.0. The normalized spacial score (nSPS) is 29.3. The van der Waals surface area contributed by atoms with Crippen LogP contribution in [-0.2, 0) is 19.2 Å². The van der Waals surface area contributed by atoms with Crippen molar-refractivity contribution in [3.63, 3.8) is 0 Å². The van der Waals surface area contributed by atoms with Crippen LogP contribution in [0.1, 0.15) is 45.4 Å². The van der Waals surface area contributed by atoms with E-state index in [0.29, 0.717) is 38.9 Å². The first kappa shape index (κ1) is 17.7. The van der Waals surface area contributed by atoms with Crippen molar-refractivity contribution >= 4 is 23.6 Å². The lowest BCUT2D eigenvalue weighted by Gasteiger charge is -2.33. The molecule has 0 aliphatic carbocycles. The highest BCUT2D eigenvalue weighted by Gasteiger charge is 2.44. The lowest BCUT2D eigenvalue weighted by Crippen LogP contribution is -2.55. The van der Waals surface area contributed by atoms with E-state index >= 15 is 0 Å². The fraction of sp³-hybridized carbons (Fsp3) is 0.765. The minimum Gasteiger partial charge on any atom is -0.368 e. The monoisotopic (exact) mass is 350 g/mol. The lowest BCUT2D eigenvalue weighted by atomic mass is 10.1. The zero-order valence-corrected chi connectivity index (χ0v) is 14.6. The predicted molar refractivity (Wildman–Crippen MR) is 89.1 cm³/mol. The maximum Gasteiger partial charge on any atom is 0.246 e. The van der Waals surface area contributed by atoms with Gasteiger partial charge < -0.3 is 20.4 Å². The van der Waals surface area contributed by atoms with Gasteiger partial charge in [-0.05, 0) is 38.5 Å². The van der Waals surface area contributed by atoms with Gasteiger partial charge in [0, 0.05) is 26.6 Å². The average Bonchev–Trinajstić information content (AvgIpc) is 3.32. The fourth-order valence-electron chi connectivity index (χ4n) is 4.40. The van der Waals surface area contributed by atoms with E-state index in [4.69, 9.17) is 5.73 Å². The Hall–Kier alpha value is -2.12. The average molecular weight is 350 g/mol. The first-order chi connectivity index (χ1) is 11.9. The van der Waals surface area contributed by atoms with E-state index in [1.165, 1.54) is 11.8 Å². The summed E-state index contributed by atoms with van der Waals surface area (Å²) in [6.07, 6.45) is 4.13. The van der Waals surface area contributed by atoms with Crippen LogP contribution < -0.4 is 5.73 Å². The number of primary amides is 1. The molecule has 0 spiro atoms. The molecule has 3 fully saturated rings. The molecule has 2 N–H and O–H groups in total. The van der Waals surface area contributed by atoms with Gasteiger partial charge in [0.2, 0.25) is 23.6 Å². The first-order valence-corrected chi connectivity index (χ1v) is 9.09. The van der Waals surface area contributed by atoms with Crippen molar-refractivity contribution in [2.24, 2.45) is 5.73 Å². The van der Waals surface area contributed by atoms with Crippen molar-refractivity contribution in [1.29, 1.82) is 0 Å². The highest BCUT2D eigenvalue weighted by molar-refractivity contribution is 5.94. The molecule has 0 aromatic rings. The Bertz CT molecular complexity index is 543. The van der Waals surface area contributed by atoms with E-state index in [9.17, 15) is 19.2 Å². The van der Waals surface area contributed by atoms with E-state index in [2.05, 4.69) is 0 Å². The third-order valence-electron chi connectivity index (χ3n) is 5.63. The van der Waals surface area contributed by atoms with Crippen molar-refractivity contribution < 1.29 is 19.2 Å². The van der Waals surface area contributed by atoms with Crippen LogP contribution in [0.4, 0.5) is 0 Å². The number of hydrogen-bond acceptors (Lipinski definition) is 4. The van der Waals surface area contributed by atoms with Gasteiger partial charge in [-0.3, -0.25) is 19.2 Å². The van der Waals surface area contributed by atoms with Gasteiger partial charge in [0.05, 0.1) is 0 Å². The van der Waals surface area contributed by atoms with Gasteiger partial charge in [-0.2, -0.15) is 0 Å². The zero-order chi connectivity index (χ0) is 18.1. The SMILES string of the molecule is CC(=O)N1CCC[C@H]1C(=O)N1CCC[C@H]1C(=O)N1CCC[C@H]1C(N)=O. The molecule has 138 valence electrons. The smallest absolute Gasteiger partial charge is 0.246 e. The fourth-order valence-corrected chi connectivity index (χ4v) is 4.40. The molecule has 8 nitrogen and oxygen atoms in total. The Morgan fingerprint density at radius 3 is 1.60 bits per heavy atom. The van der Waals surface area contributed by atoms with Crippen LogP contribution in [0, 0.1) is 0 Å². The molecule has 8 heteroatoms. The zero-order valence-electron chi connectivity index (χ0n) is 14.6. The van der Waals surface area contributed by atoms with Crippen LogP contribution in [0.2, 0.25) is 0 Å². The molecular weight excluding hydrogens is 324 g/mol. The molecule has 3 heterocycles. The standard InChI is InChI=1S/C17H26N4O4/c1-11(22)19-8-3-6-13(19)16(24)21-10-4-7-14(21)17(25)20-9-2-5-12(20)15(18)23/h12-14H,2-10H2,1H3,(H2,18,23)/t12-,13-,14-/m0/s1. The van der Waals surface area contributed by atoms with E-state index in [1.54, 1.807) is 9.80 Å². The summed E-state index contributed by atoms with van der Waals surface area (Å²) in [6.45, 7) is 3.09. The van der Waals surface area contributed by atoms with Crippen molar-refractivity contribution in [3.8, 4) is 0 Å². The number of rotatable bonds is 3. The molecule has 4 amide bonds. The van der Waals surface area contributed by atoms with Crippen molar-refractivity contribution in [2.75, 3.05) is 19.6 Å². The largest absolute Gasteiger partial charge is 0.368 e. The number of amides is 4. The summed E-state index contributed by atoms with van der Waals surface area (Å²) in [5.74, 6) is -0.913. The highest BCUT2D eigenvalue weighted by atomic mass is 16.2. The second-order valence-electron chi connectivity index (χ2n) is 7.15. The summed E-state index contributed by atoms with van der Waals surface area (Å²) >= 11 is 0. The summed E-state index contributed by atoms with van der Waals surface area (Å²) in [6, 6.07) is -1.57. The van der Waals surface area contributed by atoms with Crippen LogP contribution in [0.25, 0.3) is 0 Å². The molecule has 0 aromatic carbocycles. The molecule has 0 radical (unpaired) electrons. The number of likely N-dealkylation sites (tertiary alicyclic amines) is 3. The van der Waals surface area contributed by atoms with Crippen LogP contribution >= 0.6 is 0 Å². The Morgan fingerprint density at radius 1 is 0.720 bits per heavy atom. The van der Waals surface area contributed by atoms with E-state index in [-0.39, 0.29) is 17.7 Å². The maximum atomic E-state index is 13.0. The van der Waals surface area contributed by atoms with E-state index in [1.807, 2.05) is 0 Å². The first-order valence-electron chi connectivity index (χ1n) is 9.09. The number of nitrogens with two attached hydrogens (primary N) is 1. The summed E-state index contributed by atoms with van der Waals surface area (Å²) < 4.78 is 0. The number of nitrogens with zero attached hydrogens (tertiary/aromatic N) is 3. The van der Waals surface area contributed by atoms with Crippen molar-refractivity contribution in [2.45, 2.75) is 63.6 Å². The quantitative estimate of drug-likeness (QED) is 0.738. The predicted octanol–water partition coefficient (Wildman–Crippen LogP) is -0.535. The lowest BCUT2D eigenvalue weighted by molar-refractivity contribution is -0.149. The minimum absolute atomic E-state index is 0.105. The summed E-state index contributed by atoms with van der Waals surface area (Å²) in [7, 11) is 0. The van der Waals surface area contributed by atoms with E-state index < -0.39 is 24.0 Å². The Labute approximate surface area is 147 Å². The second kappa shape index (κ2) is 7.01. The number of carbonyl (C=O) groups is 4. The Morgan fingerprint density at radius 2 is 1.12 bits per heavy atom. The van der Waals surface area contributed by atoms with Gasteiger partial charge in [0.1, 0.15) is 18.1 Å². The molecule has 3 aliphatic heterocycles. The molecule has 0 unspecified atom stereocenters. The van der Waals surface area contributed by atoms with Crippen molar-refractivity contribution in [3.05, 3.63) is 0 Å². The van der Waals surface area contributed by atoms with Crippen LogP contribution in [0.15, 0.2) is 0 Å². The van der Waals surface area contributed by atoms with Crippen LogP contribution in [0.5, 0.6) is 0 Å². The molecule has 3 aliphatic rings. The molecule has 0 bridgehead atoms. The molecule has 3 rings (SSSR count). The second-order valence-corrected chi connectivity index (χ2v) is 7.15. The van der Waals surface area contributed by atoms with Crippen LogP contribution in [0.3, 0.4) is 0 Å². The van der Waals surface area contributed by atoms with Gasteiger partial charge in [-0.15, -0.1) is 0 Å². The molecular formula is C17H26N4O4. The van der Waals surface area contributed by atoms with Gasteiger partial charge in [-0.25, -0.2) is 0 Å². The van der Waals surface area contributed by atoms with Gasteiger partial charge in [-0.1, -0.05) is 0 Å². The third-order valence-corrected chi connectivity index (χ3v) is 5.63. The van der Waals surface area contributed by atoms with Gasteiger partial charge in [0.25, 0.3) is 0 Å². The molecule has 3 atom stereocenters. The highest BCUT2D eigenvalue weighted by Crippen LogP contribution is 2.28. The van der Waals surface area contributed by atoms with Gasteiger partial charge >= 0.3 is 0 Å². The van der Waals surface area contributed by atoms with Gasteiger partial charge in [0.15, 0.2) is 0 Å². The summed E-state index contributed by atoms with van der Waals surface area (Å²) in [5, 5.41) is 0. The Kier molecular flexibility index (Phi) is 4.96. The Balaban J connectivity index is 1.74. The number of hydrogen-bond donors (Lipinski definition) is 1. The maximum absolute atomic E-state index is 13.0. The molecule has 0 aromatic heterocycles. The topological polar surface area (TPSA) is 104 Å². The molecule has 25 heavy (non-hydrogen) atoms. The molecule has 0 saturated carbocycles.